The molecule has 0 aliphatic carbocycles. The largest absolute Gasteiger partial charge is 0.449 e. The van der Waals surface area contributed by atoms with Crippen molar-refractivity contribution in [1.82, 2.24) is 4.98 Å². The average molecular weight is 406 g/mol. The summed E-state index contributed by atoms with van der Waals surface area (Å²) in [5.41, 5.74) is 2.73. The normalized spacial score (nSPS) is 11.8. The second-order valence-electron chi connectivity index (χ2n) is 5.49. The van der Waals surface area contributed by atoms with Crippen LogP contribution in [0.4, 0.5) is 11.4 Å². The maximum absolute atomic E-state index is 12.2. The summed E-state index contributed by atoms with van der Waals surface area (Å²) in [5, 5.41) is 13.2. The molecule has 0 aliphatic rings. The van der Waals surface area contributed by atoms with Gasteiger partial charge in [0.2, 0.25) is 0 Å². The third-order valence-electron chi connectivity index (χ3n) is 3.64. The average Bonchev–Trinajstić information content (AvgIpc) is 3.10. The van der Waals surface area contributed by atoms with Gasteiger partial charge in [-0.25, -0.2) is 9.78 Å². The Hall–Kier alpha value is -3.04. The van der Waals surface area contributed by atoms with Crippen molar-refractivity contribution in [3.05, 3.63) is 62.6 Å². The number of rotatable bonds is 5. The third-order valence-corrected chi connectivity index (χ3v) is 4.75. The number of carbonyl (C=O) groups excluding carboxylic acids is 2. The lowest BCUT2D eigenvalue weighted by molar-refractivity contribution is -0.384. The number of esters is 1. The fourth-order valence-electron chi connectivity index (χ4n) is 2.22. The minimum atomic E-state index is -1.10. The Morgan fingerprint density at radius 3 is 2.78 bits per heavy atom. The molecule has 1 amide bonds. The van der Waals surface area contributed by atoms with Gasteiger partial charge < -0.3 is 10.1 Å². The Bertz CT molecular complexity index is 1050. The molecule has 1 N–H and O–H groups in total. The number of fused-ring (bicyclic) bond motifs is 1. The number of carbonyl (C=O) groups is 2. The number of nitro benzene ring substituents is 1. The molecular weight excluding hydrogens is 394 g/mol. The molecule has 2 aromatic carbocycles. The van der Waals surface area contributed by atoms with Gasteiger partial charge in [-0.2, -0.15) is 0 Å². The highest BCUT2D eigenvalue weighted by Gasteiger charge is 2.21. The number of nitro groups is 1. The first-order valence-electron chi connectivity index (χ1n) is 7.64. The van der Waals surface area contributed by atoms with Crippen LogP contribution in [0.3, 0.4) is 0 Å². The van der Waals surface area contributed by atoms with Gasteiger partial charge in [0.05, 0.1) is 36.9 Å². The van der Waals surface area contributed by atoms with Crippen LogP contribution in [0, 0.1) is 10.1 Å². The van der Waals surface area contributed by atoms with Crippen LogP contribution >= 0.6 is 22.9 Å². The van der Waals surface area contributed by atoms with Crippen molar-refractivity contribution in [1.29, 1.82) is 0 Å². The Labute approximate surface area is 161 Å². The number of hydrogen-bond acceptors (Lipinski definition) is 7. The Morgan fingerprint density at radius 1 is 1.30 bits per heavy atom. The van der Waals surface area contributed by atoms with Crippen molar-refractivity contribution in [3.63, 3.8) is 0 Å². The van der Waals surface area contributed by atoms with Gasteiger partial charge in [-0.15, -0.1) is 11.3 Å². The summed E-state index contributed by atoms with van der Waals surface area (Å²) in [6, 6.07) is 8.56. The number of anilines is 1. The first-order valence-corrected chi connectivity index (χ1v) is 8.90. The monoisotopic (exact) mass is 405 g/mol. The highest BCUT2D eigenvalue weighted by Crippen LogP contribution is 2.27. The molecule has 1 atom stereocenters. The number of non-ortho nitro benzene ring substituents is 1. The molecule has 0 saturated carbocycles. The molecule has 27 heavy (non-hydrogen) atoms. The molecule has 0 saturated heterocycles. The van der Waals surface area contributed by atoms with Crippen LogP contribution in [-0.4, -0.2) is 27.9 Å². The van der Waals surface area contributed by atoms with Crippen molar-refractivity contribution in [2.75, 3.05) is 5.32 Å². The van der Waals surface area contributed by atoms with E-state index in [0.717, 1.165) is 16.3 Å². The lowest BCUT2D eigenvalue weighted by atomic mass is 10.2. The molecule has 0 bridgehead atoms. The quantitative estimate of drug-likeness (QED) is 0.389. The number of ether oxygens (including phenoxy) is 1. The number of aromatic nitrogens is 1. The van der Waals surface area contributed by atoms with E-state index in [2.05, 4.69) is 10.3 Å². The summed E-state index contributed by atoms with van der Waals surface area (Å²) in [5.74, 6) is -1.26. The highest BCUT2D eigenvalue weighted by atomic mass is 35.5. The molecule has 3 rings (SSSR count). The van der Waals surface area contributed by atoms with Gasteiger partial charge >= 0.3 is 5.97 Å². The third kappa shape index (κ3) is 4.21. The molecule has 138 valence electrons. The van der Waals surface area contributed by atoms with E-state index in [0.29, 0.717) is 5.56 Å². The molecule has 8 nitrogen and oxygen atoms in total. The molecule has 0 spiro atoms. The maximum atomic E-state index is 12.2. The summed E-state index contributed by atoms with van der Waals surface area (Å²) in [7, 11) is 0. The van der Waals surface area contributed by atoms with Crippen molar-refractivity contribution in [2.24, 2.45) is 0 Å². The van der Waals surface area contributed by atoms with Gasteiger partial charge in [0.1, 0.15) is 0 Å². The summed E-state index contributed by atoms with van der Waals surface area (Å²) >= 11 is 7.33. The number of nitrogens with one attached hydrogen (secondary N) is 1. The summed E-state index contributed by atoms with van der Waals surface area (Å²) in [6.07, 6.45) is -1.10. The van der Waals surface area contributed by atoms with Crippen LogP contribution < -0.4 is 5.32 Å². The molecule has 1 heterocycles. The minimum Gasteiger partial charge on any atom is -0.449 e. The van der Waals surface area contributed by atoms with Gasteiger partial charge in [0.15, 0.2) is 6.10 Å². The molecule has 0 aliphatic heterocycles. The lowest BCUT2D eigenvalue weighted by Gasteiger charge is -2.14. The van der Waals surface area contributed by atoms with E-state index in [1.807, 2.05) is 0 Å². The molecule has 3 aromatic rings. The van der Waals surface area contributed by atoms with E-state index in [4.69, 9.17) is 16.3 Å². The Kier molecular flexibility index (Phi) is 5.33. The number of halogens is 1. The fraction of sp³-hybridized carbons (Fsp3) is 0.118. The summed E-state index contributed by atoms with van der Waals surface area (Å²) < 4.78 is 6.01. The number of hydrogen-bond donors (Lipinski definition) is 1. The second-order valence-corrected chi connectivity index (χ2v) is 6.79. The van der Waals surface area contributed by atoms with Gasteiger partial charge in [-0.05, 0) is 31.2 Å². The zero-order chi connectivity index (χ0) is 19.6. The summed E-state index contributed by atoms with van der Waals surface area (Å²) in [6.45, 7) is 1.41. The first kappa shape index (κ1) is 18.7. The van der Waals surface area contributed by atoms with Crippen LogP contribution in [-0.2, 0) is 9.53 Å². The Balaban J connectivity index is 1.66. The second kappa shape index (κ2) is 7.68. The van der Waals surface area contributed by atoms with Crippen LogP contribution in [0.5, 0.6) is 0 Å². The molecule has 0 fully saturated rings. The lowest BCUT2D eigenvalue weighted by Crippen LogP contribution is -2.30. The van der Waals surface area contributed by atoms with Crippen molar-refractivity contribution >= 4 is 56.4 Å². The van der Waals surface area contributed by atoms with Gasteiger partial charge in [0, 0.05) is 12.1 Å². The van der Waals surface area contributed by atoms with Crippen molar-refractivity contribution < 1.29 is 19.2 Å². The van der Waals surface area contributed by atoms with Crippen LogP contribution in [0.2, 0.25) is 5.02 Å². The van der Waals surface area contributed by atoms with Gasteiger partial charge in [-0.3, -0.25) is 14.9 Å². The maximum Gasteiger partial charge on any atom is 0.338 e. The van der Waals surface area contributed by atoms with E-state index in [-0.39, 0.29) is 16.4 Å². The number of thiazole rings is 1. The standard InChI is InChI=1S/C17H12ClN3O5S/c1-9(16(22)20-13-5-3-11(21(24)25)7-12(13)18)26-17(23)10-2-4-14-15(6-10)27-8-19-14/h2-9H,1H3,(H,20,22)/t9-/m1/s1. The van der Waals surface area contributed by atoms with Crippen LogP contribution in [0.1, 0.15) is 17.3 Å². The van der Waals surface area contributed by atoms with E-state index < -0.39 is 22.9 Å². The zero-order valence-corrected chi connectivity index (χ0v) is 15.4. The van der Waals surface area contributed by atoms with E-state index >= 15 is 0 Å². The predicted molar refractivity (Wildman–Crippen MR) is 101 cm³/mol. The molecule has 0 radical (unpaired) electrons. The van der Waals surface area contributed by atoms with Crippen molar-refractivity contribution in [2.45, 2.75) is 13.0 Å². The van der Waals surface area contributed by atoms with E-state index in [1.54, 1.807) is 23.7 Å². The summed E-state index contributed by atoms with van der Waals surface area (Å²) in [4.78, 5) is 38.7. The fourth-order valence-corrected chi connectivity index (χ4v) is 3.16. The van der Waals surface area contributed by atoms with E-state index in [1.165, 1.54) is 30.4 Å². The van der Waals surface area contributed by atoms with Crippen LogP contribution in [0.25, 0.3) is 10.2 Å². The Morgan fingerprint density at radius 2 is 2.07 bits per heavy atom. The zero-order valence-electron chi connectivity index (χ0n) is 13.8. The molecule has 1 aromatic heterocycles. The smallest absolute Gasteiger partial charge is 0.338 e. The molecule has 0 unspecified atom stereocenters. The van der Waals surface area contributed by atoms with Crippen LogP contribution in [0.15, 0.2) is 41.9 Å². The first-order chi connectivity index (χ1) is 12.8. The number of benzene rings is 2. The SMILES string of the molecule is C[C@@H](OC(=O)c1ccc2ncsc2c1)C(=O)Nc1ccc([N+](=O)[O-])cc1Cl. The minimum absolute atomic E-state index is 0.00623. The predicted octanol–water partition coefficient (Wildman–Crippen LogP) is 4.04. The van der Waals surface area contributed by atoms with Gasteiger partial charge in [-0.1, -0.05) is 11.6 Å². The topological polar surface area (TPSA) is 111 Å². The number of amides is 1. The highest BCUT2D eigenvalue weighted by molar-refractivity contribution is 7.16. The molecular formula is C17H12ClN3O5S. The van der Waals surface area contributed by atoms with Crippen molar-refractivity contribution in [3.8, 4) is 0 Å². The van der Waals surface area contributed by atoms with Gasteiger partial charge in [0.25, 0.3) is 11.6 Å². The number of nitrogens with zero attached hydrogens (tertiary/aromatic N) is 2. The molecule has 10 heteroatoms. The van der Waals surface area contributed by atoms with E-state index in [9.17, 15) is 19.7 Å².